The predicted octanol–water partition coefficient (Wildman–Crippen LogP) is 5.07. The number of ketones is 1. The lowest BCUT2D eigenvalue weighted by atomic mass is 10.1. The van der Waals surface area contributed by atoms with Crippen molar-refractivity contribution in [2.24, 2.45) is 7.05 Å². The van der Waals surface area contributed by atoms with Crippen LogP contribution in [0.3, 0.4) is 0 Å². The van der Waals surface area contributed by atoms with Gasteiger partial charge in [-0.15, -0.1) is 0 Å². The third kappa shape index (κ3) is 8.19. The summed E-state index contributed by atoms with van der Waals surface area (Å²) < 4.78 is 6.68. The predicted molar refractivity (Wildman–Crippen MR) is 98.3 cm³/mol. The minimum atomic E-state index is 0.0717. The standard InChI is InChI=1S/C9H14N2O2.C6H6.2C2H6/c1-5-7(12)8-6(2)10-11(3)9(8)13-4;1-2-4-6-5-3-1;2*1-2/h5H2,1-4H3;1-6H;2*1-2H3. The highest BCUT2D eigenvalue weighted by atomic mass is 16.5. The smallest absolute Gasteiger partial charge is 0.222 e. The van der Waals surface area contributed by atoms with Gasteiger partial charge >= 0.3 is 0 Å². The molecule has 0 radical (unpaired) electrons. The van der Waals surface area contributed by atoms with Crippen molar-refractivity contribution in [1.82, 2.24) is 9.78 Å². The molecule has 0 aliphatic carbocycles. The molecule has 0 bridgehead atoms. The van der Waals surface area contributed by atoms with Crippen LogP contribution in [0.1, 0.15) is 57.1 Å². The molecule has 0 amide bonds. The lowest BCUT2D eigenvalue weighted by molar-refractivity contribution is 0.0984. The van der Waals surface area contributed by atoms with Crippen LogP contribution >= 0.6 is 0 Å². The van der Waals surface area contributed by atoms with Gasteiger partial charge in [0.1, 0.15) is 5.56 Å². The average molecular weight is 320 g/mol. The third-order valence-corrected chi connectivity index (χ3v) is 2.63. The number of hydrogen-bond donors (Lipinski definition) is 0. The maximum atomic E-state index is 11.5. The summed E-state index contributed by atoms with van der Waals surface area (Å²) in [6.45, 7) is 11.6. The van der Waals surface area contributed by atoms with Crippen LogP contribution in [0.25, 0.3) is 0 Å². The summed E-state index contributed by atoms with van der Waals surface area (Å²) in [4.78, 5) is 11.5. The van der Waals surface area contributed by atoms with E-state index < -0.39 is 0 Å². The maximum absolute atomic E-state index is 11.5. The molecule has 4 heteroatoms. The number of aromatic nitrogens is 2. The van der Waals surface area contributed by atoms with Gasteiger partial charge in [-0.05, 0) is 6.92 Å². The van der Waals surface area contributed by atoms with Crippen molar-refractivity contribution in [3.8, 4) is 5.88 Å². The molecule has 23 heavy (non-hydrogen) atoms. The highest BCUT2D eigenvalue weighted by Crippen LogP contribution is 2.22. The molecule has 1 heterocycles. The Morgan fingerprint density at radius 2 is 1.43 bits per heavy atom. The van der Waals surface area contributed by atoms with E-state index >= 15 is 0 Å². The fourth-order valence-corrected chi connectivity index (χ4v) is 1.75. The number of benzene rings is 1. The summed E-state index contributed by atoms with van der Waals surface area (Å²) in [6, 6.07) is 12.0. The minimum absolute atomic E-state index is 0.0717. The monoisotopic (exact) mass is 320 g/mol. The maximum Gasteiger partial charge on any atom is 0.222 e. The van der Waals surface area contributed by atoms with E-state index in [-0.39, 0.29) is 5.78 Å². The summed E-state index contributed by atoms with van der Waals surface area (Å²) in [5.41, 5.74) is 1.33. The van der Waals surface area contributed by atoms with E-state index in [9.17, 15) is 4.79 Å². The molecule has 0 atom stereocenters. The molecule has 2 aromatic rings. The third-order valence-electron chi connectivity index (χ3n) is 2.63. The fraction of sp³-hybridized carbons (Fsp3) is 0.474. The van der Waals surface area contributed by atoms with Crippen LogP contribution in [0.4, 0.5) is 0 Å². The summed E-state index contributed by atoms with van der Waals surface area (Å²) in [5, 5.41) is 4.12. The Kier molecular flexibility index (Phi) is 14.9. The van der Waals surface area contributed by atoms with Crippen LogP contribution in [0.2, 0.25) is 0 Å². The van der Waals surface area contributed by atoms with Gasteiger partial charge in [0.05, 0.1) is 12.8 Å². The van der Waals surface area contributed by atoms with Crippen molar-refractivity contribution in [3.05, 3.63) is 47.7 Å². The van der Waals surface area contributed by atoms with Crippen LogP contribution in [-0.4, -0.2) is 22.7 Å². The van der Waals surface area contributed by atoms with E-state index in [0.717, 1.165) is 5.69 Å². The van der Waals surface area contributed by atoms with Crippen LogP contribution < -0.4 is 4.74 Å². The minimum Gasteiger partial charge on any atom is -0.481 e. The number of carbonyl (C=O) groups excluding carboxylic acids is 1. The molecular formula is C19H32N2O2. The number of methoxy groups -OCH3 is 1. The van der Waals surface area contributed by atoms with Crippen LogP contribution in [-0.2, 0) is 7.05 Å². The average Bonchev–Trinajstić information content (AvgIpc) is 2.93. The molecule has 0 N–H and O–H groups in total. The number of carbonyl (C=O) groups is 1. The molecule has 0 saturated heterocycles. The molecule has 0 spiro atoms. The van der Waals surface area contributed by atoms with Crippen molar-refractivity contribution < 1.29 is 9.53 Å². The van der Waals surface area contributed by atoms with Crippen molar-refractivity contribution >= 4 is 5.78 Å². The normalized spacial score (nSPS) is 8.35. The summed E-state index contributed by atoms with van der Waals surface area (Å²) in [7, 11) is 3.31. The lowest BCUT2D eigenvalue weighted by Crippen LogP contribution is -2.01. The topological polar surface area (TPSA) is 44.1 Å². The van der Waals surface area contributed by atoms with Crippen LogP contribution in [0.5, 0.6) is 5.88 Å². The van der Waals surface area contributed by atoms with Gasteiger partial charge in [-0.2, -0.15) is 5.10 Å². The van der Waals surface area contributed by atoms with Crippen molar-refractivity contribution in [2.75, 3.05) is 7.11 Å². The van der Waals surface area contributed by atoms with E-state index in [1.165, 1.54) is 0 Å². The Hall–Kier alpha value is -2.10. The molecule has 4 nitrogen and oxygen atoms in total. The zero-order valence-corrected chi connectivity index (χ0v) is 15.9. The van der Waals surface area contributed by atoms with Gasteiger partial charge in [0.2, 0.25) is 5.88 Å². The fourth-order valence-electron chi connectivity index (χ4n) is 1.75. The molecule has 0 saturated carbocycles. The number of ether oxygens (including phenoxy) is 1. The largest absolute Gasteiger partial charge is 0.481 e. The molecule has 0 fully saturated rings. The highest BCUT2D eigenvalue weighted by molar-refractivity contribution is 5.99. The van der Waals surface area contributed by atoms with Gasteiger partial charge < -0.3 is 4.74 Å². The SMILES string of the molecule is CC.CC.CCC(=O)c1c(C)nn(C)c1OC.c1ccccc1. The second kappa shape index (κ2) is 14.8. The Balaban J connectivity index is 0. The Morgan fingerprint density at radius 1 is 1.04 bits per heavy atom. The highest BCUT2D eigenvalue weighted by Gasteiger charge is 2.18. The first-order valence-corrected chi connectivity index (χ1v) is 8.22. The molecule has 2 rings (SSSR count). The molecule has 1 aromatic carbocycles. The van der Waals surface area contributed by atoms with Gasteiger partial charge in [0, 0.05) is 13.5 Å². The van der Waals surface area contributed by atoms with Crippen molar-refractivity contribution in [3.63, 3.8) is 0 Å². The Bertz CT molecular complexity index is 493. The van der Waals surface area contributed by atoms with Crippen molar-refractivity contribution in [1.29, 1.82) is 0 Å². The first kappa shape index (κ1) is 23.2. The molecule has 1 aromatic heterocycles. The number of aryl methyl sites for hydroxylation is 2. The zero-order valence-electron chi connectivity index (χ0n) is 15.9. The van der Waals surface area contributed by atoms with Gasteiger partial charge in [0.15, 0.2) is 5.78 Å². The first-order chi connectivity index (χ1) is 11.1. The quantitative estimate of drug-likeness (QED) is 0.742. The summed E-state index contributed by atoms with van der Waals surface area (Å²) >= 11 is 0. The van der Waals surface area contributed by atoms with Crippen molar-refractivity contribution in [2.45, 2.75) is 48.0 Å². The Morgan fingerprint density at radius 3 is 1.74 bits per heavy atom. The number of rotatable bonds is 3. The van der Waals surface area contributed by atoms with E-state index in [2.05, 4.69) is 5.10 Å². The van der Waals surface area contributed by atoms with Gasteiger partial charge in [-0.3, -0.25) is 4.79 Å². The van der Waals surface area contributed by atoms with E-state index in [4.69, 9.17) is 4.74 Å². The number of hydrogen-bond acceptors (Lipinski definition) is 3. The summed E-state index contributed by atoms with van der Waals surface area (Å²) in [5.74, 6) is 0.617. The second-order valence-corrected chi connectivity index (χ2v) is 4.02. The van der Waals surface area contributed by atoms with Crippen LogP contribution in [0.15, 0.2) is 36.4 Å². The molecular weight excluding hydrogens is 288 g/mol. The Labute approximate surface area is 141 Å². The van der Waals surface area contributed by atoms with Gasteiger partial charge in [0.25, 0.3) is 0 Å². The molecule has 130 valence electrons. The van der Waals surface area contributed by atoms with Gasteiger partial charge in [-0.25, -0.2) is 4.68 Å². The van der Waals surface area contributed by atoms with E-state index in [1.807, 2.05) is 77.9 Å². The summed E-state index contributed by atoms with van der Waals surface area (Å²) in [6.07, 6.45) is 0.475. The van der Waals surface area contributed by atoms with E-state index in [1.54, 1.807) is 18.8 Å². The molecule has 0 aliphatic rings. The molecule has 0 aliphatic heterocycles. The number of Topliss-reactive ketones (excluding diaryl/α,β-unsaturated/α-hetero) is 1. The number of nitrogens with zero attached hydrogens (tertiary/aromatic N) is 2. The lowest BCUT2D eigenvalue weighted by Gasteiger charge is -2.01. The van der Waals surface area contributed by atoms with E-state index in [0.29, 0.717) is 17.9 Å². The van der Waals surface area contributed by atoms with Gasteiger partial charge in [-0.1, -0.05) is 71.0 Å². The zero-order chi connectivity index (χ0) is 18.3. The van der Waals surface area contributed by atoms with Crippen LogP contribution in [0, 0.1) is 6.92 Å². The first-order valence-electron chi connectivity index (χ1n) is 8.22. The molecule has 0 unspecified atom stereocenters. The second-order valence-electron chi connectivity index (χ2n) is 4.02.